The largest absolute Gasteiger partial charge is 0.322 e. The average molecular weight is 247 g/mol. The van der Waals surface area contributed by atoms with Crippen LogP contribution < -0.4 is 5.73 Å². The first-order chi connectivity index (χ1) is 8.54. The van der Waals surface area contributed by atoms with Gasteiger partial charge >= 0.3 is 0 Å². The molecular weight excluding hydrogens is 225 g/mol. The third-order valence-electron chi connectivity index (χ3n) is 5.05. The van der Waals surface area contributed by atoms with Gasteiger partial charge in [-0.3, -0.25) is 0 Å². The van der Waals surface area contributed by atoms with Crippen molar-refractivity contribution in [3.8, 4) is 0 Å². The summed E-state index contributed by atoms with van der Waals surface area (Å²) in [6, 6.07) is 6.79. The lowest BCUT2D eigenvalue weighted by Gasteiger charge is -2.32. The number of nitrogens with two attached hydrogens (primary N) is 1. The highest BCUT2D eigenvalue weighted by Gasteiger charge is 2.41. The predicted molar refractivity (Wildman–Crippen MR) is 71.5 cm³/mol. The van der Waals surface area contributed by atoms with Crippen molar-refractivity contribution in [2.45, 2.75) is 44.6 Å². The van der Waals surface area contributed by atoms with Crippen LogP contribution in [0.1, 0.15) is 44.6 Å². The molecule has 1 nitrogen and oxygen atoms in total. The summed E-state index contributed by atoms with van der Waals surface area (Å²) in [5.74, 6) is 2.40. The lowest BCUT2D eigenvalue weighted by atomic mass is 9.77. The van der Waals surface area contributed by atoms with Crippen LogP contribution in [0, 0.1) is 23.6 Å². The number of fused-ring (bicyclic) bond motifs is 2. The molecule has 4 unspecified atom stereocenters. The van der Waals surface area contributed by atoms with Crippen molar-refractivity contribution in [2.24, 2.45) is 23.5 Å². The fourth-order valence-corrected chi connectivity index (χ4v) is 4.13. The van der Waals surface area contributed by atoms with Crippen LogP contribution in [0.15, 0.2) is 24.3 Å². The SMILES string of the molecule is CC(N)(CC1CC2CCC1C2)c1cccc(F)c1. The van der Waals surface area contributed by atoms with Gasteiger partial charge in [-0.25, -0.2) is 4.39 Å². The summed E-state index contributed by atoms with van der Waals surface area (Å²) in [7, 11) is 0. The van der Waals surface area contributed by atoms with Crippen molar-refractivity contribution in [1.82, 2.24) is 0 Å². The van der Waals surface area contributed by atoms with Gasteiger partial charge < -0.3 is 5.73 Å². The van der Waals surface area contributed by atoms with Gasteiger partial charge in [-0.2, -0.15) is 0 Å². The zero-order chi connectivity index (χ0) is 12.8. The zero-order valence-corrected chi connectivity index (χ0v) is 11.0. The minimum Gasteiger partial charge on any atom is -0.322 e. The third-order valence-corrected chi connectivity index (χ3v) is 5.05. The summed E-state index contributed by atoms with van der Waals surface area (Å²) in [5.41, 5.74) is 7.00. The molecular formula is C16H22FN. The van der Waals surface area contributed by atoms with Gasteiger partial charge in [0.1, 0.15) is 5.82 Å². The van der Waals surface area contributed by atoms with E-state index in [9.17, 15) is 4.39 Å². The molecule has 2 heteroatoms. The molecule has 4 atom stereocenters. The highest BCUT2D eigenvalue weighted by atomic mass is 19.1. The first-order valence-electron chi connectivity index (χ1n) is 7.09. The summed E-state index contributed by atoms with van der Waals surface area (Å²) < 4.78 is 13.3. The maximum absolute atomic E-state index is 13.3. The zero-order valence-electron chi connectivity index (χ0n) is 11.0. The second-order valence-electron chi connectivity index (χ2n) is 6.57. The van der Waals surface area contributed by atoms with Crippen LogP contribution in [0.5, 0.6) is 0 Å². The van der Waals surface area contributed by atoms with E-state index >= 15 is 0 Å². The number of rotatable bonds is 3. The van der Waals surface area contributed by atoms with Gasteiger partial charge in [0.15, 0.2) is 0 Å². The molecule has 98 valence electrons. The first-order valence-corrected chi connectivity index (χ1v) is 7.09. The maximum atomic E-state index is 13.3. The predicted octanol–water partition coefficient (Wildman–Crippen LogP) is 3.83. The Kier molecular flexibility index (Phi) is 2.93. The Balaban J connectivity index is 1.74. The molecule has 2 N–H and O–H groups in total. The Morgan fingerprint density at radius 3 is 2.78 bits per heavy atom. The second-order valence-corrected chi connectivity index (χ2v) is 6.57. The highest BCUT2D eigenvalue weighted by Crippen LogP contribution is 2.51. The molecule has 3 rings (SSSR count). The molecule has 0 aliphatic heterocycles. The topological polar surface area (TPSA) is 26.0 Å². The summed E-state index contributed by atoms with van der Waals surface area (Å²) >= 11 is 0. The van der Waals surface area contributed by atoms with E-state index in [0.29, 0.717) is 0 Å². The molecule has 0 amide bonds. The van der Waals surface area contributed by atoms with E-state index in [2.05, 4.69) is 0 Å². The van der Waals surface area contributed by atoms with Crippen LogP contribution in [-0.2, 0) is 5.54 Å². The lowest BCUT2D eigenvalue weighted by Crippen LogP contribution is -2.36. The molecule has 2 aliphatic rings. The summed E-state index contributed by atoms with van der Waals surface area (Å²) in [4.78, 5) is 0. The molecule has 0 radical (unpaired) electrons. The Morgan fingerprint density at radius 1 is 1.33 bits per heavy atom. The molecule has 0 spiro atoms. The Bertz CT molecular complexity index is 440. The van der Waals surface area contributed by atoms with E-state index in [1.54, 1.807) is 12.1 Å². The van der Waals surface area contributed by atoms with E-state index in [4.69, 9.17) is 5.73 Å². The molecule has 2 bridgehead atoms. The van der Waals surface area contributed by atoms with Crippen molar-refractivity contribution in [3.63, 3.8) is 0 Å². The first kappa shape index (κ1) is 12.2. The minimum absolute atomic E-state index is 0.183. The van der Waals surface area contributed by atoms with Gasteiger partial charge in [0.05, 0.1) is 0 Å². The van der Waals surface area contributed by atoms with Gasteiger partial charge in [0.25, 0.3) is 0 Å². The summed E-state index contributed by atoms with van der Waals surface area (Å²) in [5, 5.41) is 0. The third kappa shape index (κ3) is 2.18. The fourth-order valence-electron chi connectivity index (χ4n) is 4.13. The Hall–Kier alpha value is -0.890. The van der Waals surface area contributed by atoms with Crippen molar-refractivity contribution in [3.05, 3.63) is 35.6 Å². The molecule has 2 fully saturated rings. The van der Waals surface area contributed by atoms with Gasteiger partial charge in [-0.1, -0.05) is 18.6 Å². The molecule has 1 aromatic rings. The molecule has 0 heterocycles. The van der Waals surface area contributed by atoms with E-state index < -0.39 is 5.54 Å². The quantitative estimate of drug-likeness (QED) is 0.863. The van der Waals surface area contributed by atoms with Crippen molar-refractivity contribution >= 4 is 0 Å². The highest BCUT2D eigenvalue weighted by molar-refractivity contribution is 5.24. The Labute approximate surface area is 109 Å². The average Bonchev–Trinajstić information content (AvgIpc) is 2.90. The van der Waals surface area contributed by atoms with Crippen molar-refractivity contribution < 1.29 is 4.39 Å². The van der Waals surface area contributed by atoms with Crippen molar-refractivity contribution in [1.29, 1.82) is 0 Å². The smallest absolute Gasteiger partial charge is 0.123 e. The molecule has 2 saturated carbocycles. The van der Waals surface area contributed by atoms with Crippen LogP contribution in [0.4, 0.5) is 4.39 Å². The van der Waals surface area contributed by atoms with E-state index in [-0.39, 0.29) is 5.82 Å². The van der Waals surface area contributed by atoms with Crippen LogP contribution in [-0.4, -0.2) is 0 Å². The van der Waals surface area contributed by atoms with Crippen molar-refractivity contribution in [2.75, 3.05) is 0 Å². The van der Waals surface area contributed by atoms with Gasteiger partial charge in [-0.05, 0) is 68.1 Å². The maximum Gasteiger partial charge on any atom is 0.123 e. The summed E-state index contributed by atoms with van der Waals surface area (Å²) in [6.45, 7) is 2.05. The fraction of sp³-hybridized carbons (Fsp3) is 0.625. The van der Waals surface area contributed by atoms with Crippen LogP contribution in [0.2, 0.25) is 0 Å². The van der Waals surface area contributed by atoms with Gasteiger partial charge in [0, 0.05) is 5.54 Å². The molecule has 0 saturated heterocycles. The number of halogens is 1. The van der Waals surface area contributed by atoms with Crippen LogP contribution in [0.3, 0.4) is 0 Å². The van der Waals surface area contributed by atoms with E-state index in [1.165, 1.54) is 31.7 Å². The van der Waals surface area contributed by atoms with E-state index in [1.807, 2.05) is 13.0 Å². The standard InChI is InChI=1S/C16H22FN/c1-16(18,14-3-2-4-15(17)9-14)10-13-8-11-5-6-12(13)7-11/h2-4,9,11-13H,5-8,10,18H2,1H3. The summed E-state index contributed by atoms with van der Waals surface area (Å²) in [6.07, 6.45) is 6.55. The second kappa shape index (κ2) is 4.34. The number of hydrogen-bond donors (Lipinski definition) is 1. The molecule has 1 aromatic carbocycles. The molecule has 2 aliphatic carbocycles. The molecule has 18 heavy (non-hydrogen) atoms. The van der Waals surface area contributed by atoms with Gasteiger partial charge in [0.2, 0.25) is 0 Å². The Morgan fingerprint density at radius 2 is 2.17 bits per heavy atom. The minimum atomic E-state index is -0.392. The van der Waals surface area contributed by atoms with E-state index in [0.717, 1.165) is 29.7 Å². The van der Waals surface area contributed by atoms with Gasteiger partial charge in [-0.15, -0.1) is 0 Å². The molecule has 0 aromatic heterocycles. The monoisotopic (exact) mass is 247 g/mol. The number of benzene rings is 1. The van der Waals surface area contributed by atoms with Crippen LogP contribution in [0.25, 0.3) is 0 Å². The number of hydrogen-bond acceptors (Lipinski definition) is 1. The normalized spacial score (nSPS) is 33.6. The van der Waals surface area contributed by atoms with Crippen LogP contribution >= 0.6 is 0 Å². The lowest BCUT2D eigenvalue weighted by molar-refractivity contribution is 0.253.